The van der Waals surface area contributed by atoms with Crippen molar-refractivity contribution in [3.05, 3.63) is 54.7 Å². The van der Waals surface area contributed by atoms with Crippen molar-refractivity contribution >= 4 is 16.9 Å². The molecular formula is C17H16N8O. The van der Waals surface area contributed by atoms with Crippen molar-refractivity contribution in [1.82, 2.24) is 40.1 Å². The monoisotopic (exact) mass is 348 g/mol. The van der Waals surface area contributed by atoms with Crippen molar-refractivity contribution in [1.29, 1.82) is 0 Å². The zero-order chi connectivity index (χ0) is 17.9. The SMILES string of the molecule is Cn1cc(-c2nccnc2CNC(=O)Cn2nnc3ccccc32)cn1. The summed E-state index contributed by atoms with van der Waals surface area (Å²) >= 11 is 0. The smallest absolute Gasteiger partial charge is 0.242 e. The van der Waals surface area contributed by atoms with Crippen LogP contribution in [0.25, 0.3) is 22.3 Å². The molecule has 1 amide bonds. The Kier molecular flexibility index (Phi) is 4.10. The van der Waals surface area contributed by atoms with Crippen LogP contribution in [0.4, 0.5) is 0 Å². The van der Waals surface area contributed by atoms with Crippen LogP contribution < -0.4 is 5.32 Å². The van der Waals surface area contributed by atoms with Gasteiger partial charge >= 0.3 is 0 Å². The zero-order valence-electron chi connectivity index (χ0n) is 14.1. The van der Waals surface area contributed by atoms with Gasteiger partial charge in [-0.1, -0.05) is 17.3 Å². The molecule has 130 valence electrons. The lowest BCUT2D eigenvalue weighted by Crippen LogP contribution is -2.28. The maximum absolute atomic E-state index is 12.3. The minimum absolute atomic E-state index is 0.0863. The number of para-hydroxylation sites is 1. The molecule has 0 atom stereocenters. The highest BCUT2D eigenvalue weighted by molar-refractivity contribution is 5.79. The molecule has 1 N–H and O–H groups in total. The van der Waals surface area contributed by atoms with E-state index in [-0.39, 0.29) is 19.0 Å². The molecule has 4 rings (SSSR count). The van der Waals surface area contributed by atoms with Crippen molar-refractivity contribution in [3.8, 4) is 11.3 Å². The van der Waals surface area contributed by atoms with Gasteiger partial charge in [-0.15, -0.1) is 5.10 Å². The van der Waals surface area contributed by atoms with E-state index in [9.17, 15) is 4.79 Å². The Bertz CT molecular complexity index is 1070. The van der Waals surface area contributed by atoms with Gasteiger partial charge in [-0.2, -0.15) is 5.10 Å². The molecule has 0 saturated carbocycles. The number of fused-ring (bicyclic) bond motifs is 1. The Labute approximate surface area is 148 Å². The number of carbonyl (C=O) groups is 1. The lowest BCUT2D eigenvalue weighted by atomic mass is 10.2. The molecule has 0 saturated heterocycles. The van der Waals surface area contributed by atoms with Crippen LogP contribution in [0.3, 0.4) is 0 Å². The fourth-order valence-electron chi connectivity index (χ4n) is 2.69. The number of aryl methyl sites for hydroxylation is 1. The molecule has 0 bridgehead atoms. The average Bonchev–Trinajstić information content (AvgIpc) is 3.27. The van der Waals surface area contributed by atoms with E-state index in [1.807, 2.05) is 37.5 Å². The minimum atomic E-state index is -0.177. The number of carbonyl (C=O) groups excluding carboxylic acids is 1. The van der Waals surface area contributed by atoms with Crippen LogP contribution in [0, 0.1) is 0 Å². The van der Waals surface area contributed by atoms with Gasteiger partial charge in [-0.25, -0.2) is 4.68 Å². The maximum atomic E-state index is 12.3. The number of aromatic nitrogens is 7. The lowest BCUT2D eigenvalue weighted by molar-refractivity contribution is -0.122. The van der Waals surface area contributed by atoms with E-state index in [0.717, 1.165) is 16.6 Å². The van der Waals surface area contributed by atoms with Crippen LogP contribution >= 0.6 is 0 Å². The second-order valence-corrected chi connectivity index (χ2v) is 5.77. The van der Waals surface area contributed by atoms with E-state index in [4.69, 9.17) is 0 Å². The Morgan fingerprint density at radius 3 is 2.88 bits per heavy atom. The predicted octanol–water partition coefficient (Wildman–Crippen LogP) is 0.938. The molecule has 3 aromatic heterocycles. The lowest BCUT2D eigenvalue weighted by Gasteiger charge is -2.08. The molecule has 9 heteroatoms. The average molecular weight is 348 g/mol. The Balaban J connectivity index is 1.47. The van der Waals surface area contributed by atoms with Crippen LogP contribution in [0.1, 0.15) is 5.69 Å². The van der Waals surface area contributed by atoms with Gasteiger partial charge in [-0.05, 0) is 12.1 Å². The molecule has 3 heterocycles. The number of nitrogens with zero attached hydrogens (tertiary/aromatic N) is 7. The van der Waals surface area contributed by atoms with Gasteiger partial charge < -0.3 is 5.32 Å². The number of amides is 1. The number of hydrogen-bond donors (Lipinski definition) is 1. The number of benzene rings is 1. The Morgan fingerprint density at radius 2 is 2.04 bits per heavy atom. The summed E-state index contributed by atoms with van der Waals surface area (Å²) in [5.74, 6) is -0.177. The van der Waals surface area contributed by atoms with Gasteiger partial charge in [0.1, 0.15) is 12.1 Å². The van der Waals surface area contributed by atoms with E-state index in [1.54, 1.807) is 28.0 Å². The molecule has 0 aliphatic rings. The summed E-state index contributed by atoms with van der Waals surface area (Å²) in [6.07, 6.45) is 6.80. The van der Waals surface area contributed by atoms with Gasteiger partial charge in [0.25, 0.3) is 0 Å². The van der Waals surface area contributed by atoms with Crippen LogP contribution in [-0.4, -0.2) is 40.6 Å². The maximum Gasteiger partial charge on any atom is 0.242 e. The first-order valence-electron chi connectivity index (χ1n) is 8.04. The van der Waals surface area contributed by atoms with Crippen LogP contribution in [0.2, 0.25) is 0 Å². The Morgan fingerprint density at radius 1 is 1.19 bits per heavy atom. The fourth-order valence-corrected chi connectivity index (χ4v) is 2.69. The van der Waals surface area contributed by atoms with Gasteiger partial charge in [-0.3, -0.25) is 19.4 Å². The van der Waals surface area contributed by atoms with Gasteiger partial charge in [0, 0.05) is 31.2 Å². The molecule has 0 fully saturated rings. The second kappa shape index (κ2) is 6.71. The van der Waals surface area contributed by atoms with Crippen molar-refractivity contribution in [2.75, 3.05) is 0 Å². The van der Waals surface area contributed by atoms with Crippen molar-refractivity contribution in [2.45, 2.75) is 13.1 Å². The summed E-state index contributed by atoms with van der Waals surface area (Å²) in [5.41, 5.74) is 3.81. The first-order chi connectivity index (χ1) is 12.7. The van der Waals surface area contributed by atoms with E-state index < -0.39 is 0 Å². The van der Waals surface area contributed by atoms with Gasteiger partial charge in [0.2, 0.25) is 5.91 Å². The third-order valence-electron chi connectivity index (χ3n) is 3.92. The first-order valence-corrected chi connectivity index (χ1v) is 8.04. The highest BCUT2D eigenvalue weighted by Crippen LogP contribution is 2.18. The predicted molar refractivity (Wildman–Crippen MR) is 93.6 cm³/mol. The fraction of sp³-hybridized carbons (Fsp3) is 0.176. The third kappa shape index (κ3) is 3.14. The molecule has 4 aromatic rings. The third-order valence-corrected chi connectivity index (χ3v) is 3.92. The molecular weight excluding hydrogens is 332 g/mol. The number of hydrogen-bond acceptors (Lipinski definition) is 6. The quantitative estimate of drug-likeness (QED) is 0.576. The van der Waals surface area contributed by atoms with E-state index in [1.165, 1.54) is 0 Å². The largest absolute Gasteiger partial charge is 0.349 e. The molecule has 0 unspecified atom stereocenters. The highest BCUT2D eigenvalue weighted by atomic mass is 16.2. The normalized spacial score (nSPS) is 11.0. The first kappa shape index (κ1) is 15.9. The van der Waals surface area contributed by atoms with Crippen LogP contribution in [-0.2, 0) is 24.9 Å². The molecule has 0 aliphatic carbocycles. The summed E-state index contributed by atoms with van der Waals surface area (Å²) in [7, 11) is 1.84. The van der Waals surface area contributed by atoms with Crippen molar-refractivity contribution in [2.24, 2.45) is 7.05 Å². The summed E-state index contributed by atoms with van der Waals surface area (Å²) in [6, 6.07) is 7.51. The van der Waals surface area contributed by atoms with Crippen LogP contribution in [0.15, 0.2) is 49.1 Å². The molecule has 0 spiro atoms. The molecule has 0 aliphatic heterocycles. The molecule has 26 heavy (non-hydrogen) atoms. The highest BCUT2D eigenvalue weighted by Gasteiger charge is 2.12. The van der Waals surface area contributed by atoms with Gasteiger partial charge in [0.05, 0.1) is 29.6 Å². The van der Waals surface area contributed by atoms with E-state index in [2.05, 4.69) is 30.7 Å². The molecule has 9 nitrogen and oxygen atoms in total. The van der Waals surface area contributed by atoms with E-state index in [0.29, 0.717) is 11.4 Å². The minimum Gasteiger partial charge on any atom is -0.349 e. The second-order valence-electron chi connectivity index (χ2n) is 5.77. The summed E-state index contributed by atoms with van der Waals surface area (Å²) in [5, 5.41) is 15.1. The van der Waals surface area contributed by atoms with E-state index >= 15 is 0 Å². The Hall–Kier alpha value is -3.62. The van der Waals surface area contributed by atoms with Gasteiger partial charge in [0.15, 0.2) is 0 Å². The standard InChI is InChI=1S/C17H16N8O/c1-24-10-12(8-21-24)17-14(18-6-7-19-17)9-20-16(26)11-25-15-5-3-2-4-13(15)22-23-25/h2-8,10H,9,11H2,1H3,(H,20,26). The number of rotatable bonds is 5. The summed E-state index contributed by atoms with van der Waals surface area (Å²) in [4.78, 5) is 21.0. The van der Waals surface area contributed by atoms with Crippen LogP contribution in [0.5, 0.6) is 0 Å². The molecule has 1 aromatic carbocycles. The van der Waals surface area contributed by atoms with Crippen molar-refractivity contribution < 1.29 is 4.79 Å². The number of nitrogens with one attached hydrogen (secondary N) is 1. The molecule has 0 radical (unpaired) electrons. The zero-order valence-corrected chi connectivity index (χ0v) is 14.1. The topological polar surface area (TPSA) is 103 Å². The summed E-state index contributed by atoms with van der Waals surface area (Å²) < 4.78 is 3.27. The summed E-state index contributed by atoms with van der Waals surface area (Å²) in [6.45, 7) is 0.354. The van der Waals surface area contributed by atoms with Crippen molar-refractivity contribution in [3.63, 3.8) is 0 Å².